The second-order valence-corrected chi connectivity index (χ2v) is 3.87. The van der Waals surface area contributed by atoms with Crippen molar-refractivity contribution in [3.05, 3.63) is 57.5 Å². The second-order valence-electron chi connectivity index (χ2n) is 3.48. The third-order valence-corrected chi connectivity index (χ3v) is 2.40. The minimum Gasteiger partial charge on any atom is -0.305 e. The number of carbonyl (C=O) groups is 1. The Morgan fingerprint density at radius 3 is 2.42 bits per heavy atom. The van der Waals surface area contributed by atoms with Crippen LogP contribution in [0.1, 0.15) is 10.4 Å². The Hall–Kier alpha value is -2.54. The van der Waals surface area contributed by atoms with Gasteiger partial charge in [-0.1, -0.05) is 11.6 Å². The van der Waals surface area contributed by atoms with Crippen LogP contribution in [0.3, 0.4) is 0 Å². The Kier molecular flexibility index (Phi) is 3.67. The number of anilines is 1. The van der Waals surface area contributed by atoms with Gasteiger partial charge >= 0.3 is 0 Å². The van der Waals surface area contributed by atoms with Crippen LogP contribution in [-0.2, 0) is 0 Å². The van der Waals surface area contributed by atoms with E-state index in [0.717, 1.165) is 0 Å². The number of nitro benzene ring substituents is 1. The van der Waals surface area contributed by atoms with E-state index in [2.05, 4.69) is 15.3 Å². The van der Waals surface area contributed by atoms with Gasteiger partial charge in [-0.2, -0.15) is 0 Å². The largest absolute Gasteiger partial charge is 0.305 e. The van der Waals surface area contributed by atoms with Crippen molar-refractivity contribution < 1.29 is 9.72 Å². The molecule has 0 aliphatic heterocycles. The van der Waals surface area contributed by atoms with Crippen molar-refractivity contribution in [3.8, 4) is 0 Å². The highest BCUT2D eigenvalue weighted by Crippen LogP contribution is 2.13. The molecule has 19 heavy (non-hydrogen) atoms. The summed E-state index contributed by atoms with van der Waals surface area (Å²) in [6, 6.07) is 5.22. The van der Waals surface area contributed by atoms with Gasteiger partial charge in [0.05, 0.1) is 17.3 Å². The van der Waals surface area contributed by atoms with E-state index in [1.807, 2.05) is 0 Å². The molecule has 0 aliphatic carbocycles. The van der Waals surface area contributed by atoms with Crippen molar-refractivity contribution in [1.29, 1.82) is 0 Å². The second kappa shape index (κ2) is 5.40. The van der Waals surface area contributed by atoms with Gasteiger partial charge in [-0.25, -0.2) is 9.97 Å². The highest BCUT2D eigenvalue weighted by molar-refractivity contribution is 6.29. The molecule has 0 fully saturated rings. The number of amides is 1. The molecule has 2 rings (SSSR count). The third-order valence-electron chi connectivity index (χ3n) is 2.20. The lowest BCUT2D eigenvalue weighted by Gasteiger charge is -2.03. The van der Waals surface area contributed by atoms with Gasteiger partial charge in [-0.05, 0) is 12.1 Å². The number of carbonyl (C=O) groups excluding carboxylic acids is 1. The number of benzene rings is 1. The highest BCUT2D eigenvalue weighted by atomic mass is 35.5. The number of halogens is 1. The quantitative estimate of drug-likeness (QED) is 0.686. The summed E-state index contributed by atoms with van der Waals surface area (Å²) in [6.45, 7) is 0. The Balaban J connectivity index is 2.11. The molecule has 0 unspecified atom stereocenters. The van der Waals surface area contributed by atoms with E-state index in [4.69, 9.17) is 11.6 Å². The molecule has 8 heteroatoms. The maximum Gasteiger partial charge on any atom is 0.269 e. The Labute approximate surface area is 112 Å². The number of nitro groups is 1. The zero-order valence-electron chi connectivity index (χ0n) is 9.41. The highest BCUT2D eigenvalue weighted by Gasteiger charge is 2.10. The molecule has 2 aromatic rings. The molecule has 1 aromatic heterocycles. The number of hydrogen-bond acceptors (Lipinski definition) is 5. The lowest BCUT2D eigenvalue weighted by molar-refractivity contribution is -0.384. The summed E-state index contributed by atoms with van der Waals surface area (Å²) in [7, 11) is 0. The number of nitrogens with one attached hydrogen (secondary N) is 1. The number of rotatable bonds is 3. The first-order valence-electron chi connectivity index (χ1n) is 5.09. The molecule has 1 aromatic carbocycles. The maximum absolute atomic E-state index is 11.8. The standard InChI is InChI=1S/C11H7ClN4O3/c12-9-5-14-10(6-13-9)15-11(17)7-1-3-8(4-2-7)16(18)19/h1-6H,(H,14,15,17). The molecular formula is C11H7ClN4O3. The molecule has 1 heterocycles. The van der Waals surface area contributed by atoms with Crippen LogP contribution in [0.15, 0.2) is 36.7 Å². The molecule has 0 radical (unpaired) electrons. The van der Waals surface area contributed by atoms with Crippen molar-refractivity contribution in [2.24, 2.45) is 0 Å². The van der Waals surface area contributed by atoms with Gasteiger partial charge in [0.25, 0.3) is 11.6 Å². The summed E-state index contributed by atoms with van der Waals surface area (Å²) in [5, 5.41) is 13.2. The molecule has 7 nitrogen and oxygen atoms in total. The number of hydrogen-bond donors (Lipinski definition) is 1. The summed E-state index contributed by atoms with van der Waals surface area (Å²) < 4.78 is 0. The van der Waals surface area contributed by atoms with E-state index < -0.39 is 10.8 Å². The molecule has 0 spiro atoms. The SMILES string of the molecule is O=C(Nc1cnc(Cl)cn1)c1ccc([N+](=O)[O-])cc1. The monoisotopic (exact) mass is 278 g/mol. The van der Waals surface area contributed by atoms with E-state index in [9.17, 15) is 14.9 Å². The van der Waals surface area contributed by atoms with E-state index in [1.54, 1.807) is 0 Å². The summed E-state index contributed by atoms with van der Waals surface area (Å²) in [5.74, 6) is -0.195. The van der Waals surface area contributed by atoms with Crippen LogP contribution in [0, 0.1) is 10.1 Å². The topological polar surface area (TPSA) is 98.0 Å². The van der Waals surface area contributed by atoms with Gasteiger partial charge < -0.3 is 5.32 Å². The first kappa shape index (κ1) is 12.9. The average molecular weight is 279 g/mol. The molecular weight excluding hydrogens is 272 g/mol. The zero-order chi connectivity index (χ0) is 13.8. The first-order chi connectivity index (χ1) is 9.06. The third kappa shape index (κ3) is 3.23. The van der Waals surface area contributed by atoms with Crippen LogP contribution in [0.5, 0.6) is 0 Å². The van der Waals surface area contributed by atoms with Gasteiger partial charge in [-0.15, -0.1) is 0 Å². The Morgan fingerprint density at radius 1 is 1.21 bits per heavy atom. The van der Waals surface area contributed by atoms with Crippen LogP contribution in [0.25, 0.3) is 0 Å². The van der Waals surface area contributed by atoms with Gasteiger partial charge in [0.1, 0.15) is 5.15 Å². The van der Waals surface area contributed by atoms with Crippen molar-refractivity contribution in [2.45, 2.75) is 0 Å². The fraction of sp³-hybridized carbons (Fsp3) is 0. The van der Waals surface area contributed by atoms with Gasteiger partial charge in [-0.3, -0.25) is 14.9 Å². The fourth-order valence-corrected chi connectivity index (χ4v) is 1.40. The van der Waals surface area contributed by atoms with Crippen molar-refractivity contribution in [2.75, 3.05) is 5.32 Å². The number of nitrogens with zero attached hydrogens (tertiary/aromatic N) is 3. The molecule has 1 N–H and O–H groups in total. The molecule has 0 saturated heterocycles. The maximum atomic E-state index is 11.8. The predicted molar refractivity (Wildman–Crippen MR) is 68.1 cm³/mol. The number of non-ortho nitro benzene ring substituents is 1. The van der Waals surface area contributed by atoms with Crippen molar-refractivity contribution in [3.63, 3.8) is 0 Å². The predicted octanol–water partition coefficient (Wildman–Crippen LogP) is 2.29. The Morgan fingerprint density at radius 2 is 1.89 bits per heavy atom. The van der Waals surface area contributed by atoms with E-state index in [1.165, 1.54) is 36.7 Å². The van der Waals surface area contributed by atoms with Gasteiger partial charge in [0, 0.05) is 17.7 Å². The van der Waals surface area contributed by atoms with E-state index in [0.29, 0.717) is 0 Å². The van der Waals surface area contributed by atoms with Crippen molar-refractivity contribution in [1.82, 2.24) is 9.97 Å². The van der Waals surface area contributed by atoms with Crippen molar-refractivity contribution >= 4 is 29.0 Å². The Bertz CT molecular complexity index is 613. The molecule has 0 aliphatic rings. The van der Waals surface area contributed by atoms with E-state index >= 15 is 0 Å². The lowest BCUT2D eigenvalue weighted by atomic mass is 10.2. The van der Waals surface area contributed by atoms with E-state index in [-0.39, 0.29) is 22.2 Å². The van der Waals surface area contributed by atoms with Crippen LogP contribution >= 0.6 is 11.6 Å². The lowest BCUT2D eigenvalue weighted by Crippen LogP contribution is -2.13. The van der Waals surface area contributed by atoms with Gasteiger partial charge in [0.15, 0.2) is 5.82 Å². The zero-order valence-corrected chi connectivity index (χ0v) is 10.2. The van der Waals surface area contributed by atoms with Crippen LogP contribution in [0.2, 0.25) is 5.15 Å². The summed E-state index contributed by atoms with van der Waals surface area (Å²) in [4.78, 5) is 29.4. The summed E-state index contributed by atoms with van der Waals surface area (Å²) in [6.07, 6.45) is 2.61. The first-order valence-corrected chi connectivity index (χ1v) is 5.47. The van der Waals surface area contributed by atoms with Crippen LogP contribution in [-0.4, -0.2) is 20.8 Å². The summed E-state index contributed by atoms with van der Waals surface area (Å²) >= 11 is 5.56. The molecule has 96 valence electrons. The minimum absolute atomic E-state index is 0.0807. The molecule has 0 bridgehead atoms. The molecule has 0 atom stereocenters. The molecule has 1 amide bonds. The normalized spacial score (nSPS) is 9.95. The number of aromatic nitrogens is 2. The van der Waals surface area contributed by atoms with Gasteiger partial charge in [0.2, 0.25) is 0 Å². The summed E-state index contributed by atoms with van der Waals surface area (Å²) in [5.41, 5.74) is 0.199. The van der Waals surface area contributed by atoms with Crippen LogP contribution < -0.4 is 5.32 Å². The average Bonchev–Trinajstić information content (AvgIpc) is 2.41. The smallest absolute Gasteiger partial charge is 0.269 e. The van der Waals surface area contributed by atoms with Crippen LogP contribution in [0.4, 0.5) is 11.5 Å². The minimum atomic E-state index is -0.535. The fourth-order valence-electron chi connectivity index (χ4n) is 1.30. The molecule has 0 saturated carbocycles.